The van der Waals surface area contributed by atoms with E-state index in [2.05, 4.69) is 5.32 Å². The second-order valence-electron chi connectivity index (χ2n) is 6.25. The molecule has 0 atom stereocenters. The normalized spacial score (nSPS) is 14.1. The number of nitrogens with one attached hydrogen (secondary N) is 1. The quantitative estimate of drug-likeness (QED) is 0.528. The maximum atomic E-state index is 11.9. The van der Waals surface area contributed by atoms with E-state index in [0.29, 0.717) is 29.6 Å². The predicted molar refractivity (Wildman–Crippen MR) is 108 cm³/mol. The van der Waals surface area contributed by atoms with Crippen LogP contribution in [0.25, 0.3) is 0 Å². The number of hydrogen-bond acceptors (Lipinski definition) is 5. The lowest BCUT2D eigenvalue weighted by molar-refractivity contribution is -0.124. The Morgan fingerprint density at radius 1 is 1.24 bits per heavy atom. The molecule has 0 aliphatic carbocycles. The van der Waals surface area contributed by atoms with Gasteiger partial charge in [-0.3, -0.25) is 14.5 Å². The Morgan fingerprint density at radius 3 is 2.56 bits per heavy atom. The van der Waals surface area contributed by atoms with Crippen molar-refractivity contribution in [3.63, 3.8) is 0 Å². The second kappa shape index (κ2) is 9.77. The van der Waals surface area contributed by atoms with E-state index in [9.17, 15) is 9.59 Å². The standard InChI is InChI=1S/C18H25N3O2S2/c1-20(2)15-9-7-14(8-10-15)12-19-16(22)6-4-3-5-11-21-17(23)13-25-18(21)24/h7-10H,3-6,11-13H2,1-2H3,(H,19,22). The highest BCUT2D eigenvalue weighted by Gasteiger charge is 2.25. The van der Waals surface area contributed by atoms with Gasteiger partial charge in [-0.2, -0.15) is 0 Å². The number of benzene rings is 1. The van der Waals surface area contributed by atoms with Crippen LogP contribution in [-0.2, 0) is 16.1 Å². The molecule has 0 bridgehead atoms. The maximum Gasteiger partial charge on any atom is 0.238 e. The third kappa shape index (κ3) is 6.32. The van der Waals surface area contributed by atoms with Gasteiger partial charge in [0.05, 0.1) is 5.75 Å². The number of carbonyl (C=O) groups excluding carboxylic acids is 2. The van der Waals surface area contributed by atoms with Crippen LogP contribution < -0.4 is 10.2 Å². The third-order valence-corrected chi connectivity index (χ3v) is 5.50. The summed E-state index contributed by atoms with van der Waals surface area (Å²) in [5.41, 5.74) is 2.24. The minimum absolute atomic E-state index is 0.0695. The molecular formula is C18H25N3O2S2. The molecule has 1 N–H and O–H groups in total. The average Bonchev–Trinajstić information content (AvgIpc) is 2.91. The van der Waals surface area contributed by atoms with Gasteiger partial charge in [-0.05, 0) is 30.5 Å². The molecule has 136 valence electrons. The van der Waals surface area contributed by atoms with Gasteiger partial charge in [0, 0.05) is 39.3 Å². The van der Waals surface area contributed by atoms with Crippen LogP contribution in [0.15, 0.2) is 24.3 Å². The fourth-order valence-corrected chi connectivity index (χ4v) is 3.65. The third-order valence-electron chi connectivity index (χ3n) is 4.07. The minimum Gasteiger partial charge on any atom is -0.378 e. The Labute approximate surface area is 159 Å². The van der Waals surface area contributed by atoms with Crippen LogP contribution in [0, 0.1) is 0 Å². The van der Waals surface area contributed by atoms with E-state index in [1.807, 2.05) is 43.3 Å². The van der Waals surface area contributed by atoms with Crippen LogP contribution in [0.1, 0.15) is 31.2 Å². The molecule has 1 aromatic rings. The molecule has 1 fully saturated rings. The van der Waals surface area contributed by atoms with Crippen molar-refractivity contribution in [3.8, 4) is 0 Å². The van der Waals surface area contributed by atoms with Crippen LogP contribution in [-0.4, -0.2) is 47.4 Å². The molecule has 0 radical (unpaired) electrons. The Kier molecular flexibility index (Phi) is 7.71. The summed E-state index contributed by atoms with van der Waals surface area (Å²) in [6.07, 6.45) is 3.14. The number of rotatable bonds is 9. The highest BCUT2D eigenvalue weighted by molar-refractivity contribution is 8.23. The average molecular weight is 380 g/mol. The van der Waals surface area contributed by atoms with E-state index in [4.69, 9.17) is 12.2 Å². The van der Waals surface area contributed by atoms with Crippen molar-refractivity contribution in [3.05, 3.63) is 29.8 Å². The van der Waals surface area contributed by atoms with Gasteiger partial charge in [0.1, 0.15) is 4.32 Å². The zero-order valence-corrected chi connectivity index (χ0v) is 16.4. The lowest BCUT2D eigenvalue weighted by Gasteiger charge is -2.14. The van der Waals surface area contributed by atoms with Gasteiger partial charge in [-0.15, -0.1) is 0 Å². The van der Waals surface area contributed by atoms with E-state index < -0.39 is 0 Å². The fourth-order valence-electron chi connectivity index (χ4n) is 2.53. The first kappa shape index (κ1) is 19.7. The lowest BCUT2D eigenvalue weighted by atomic mass is 10.1. The van der Waals surface area contributed by atoms with Crippen LogP contribution in [0.2, 0.25) is 0 Å². The maximum absolute atomic E-state index is 11.9. The van der Waals surface area contributed by atoms with Crippen LogP contribution >= 0.6 is 24.0 Å². The monoisotopic (exact) mass is 379 g/mol. The van der Waals surface area contributed by atoms with Crippen molar-refractivity contribution in [2.75, 3.05) is 31.3 Å². The molecule has 1 aliphatic rings. The number of anilines is 1. The molecular weight excluding hydrogens is 354 g/mol. The van der Waals surface area contributed by atoms with E-state index >= 15 is 0 Å². The molecule has 0 saturated carbocycles. The summed E-state index contributed by atoms with van der Waals surface area (Å²) in [5, 5.41) is 2.95. The van der Waals surface area contributed by atoms with E-state index in [1.165, 1.54) is 11.8 Å². The Morgan fingerprint density at radius 2 is 1.96 bits per heavy atom. The Hall–Kier alpha value is -1.60. The summed E-state index contributed by atoms with van der Waals surface area (Å²) in [4.78, 5) is 27.2. The van der Waals surface area contributed by atoms with Crippen LogP contribution in [0.5, 0.6) is 0 Å². The smallest absolute Gasteiger partial charge is 0.238 e. The van der Waals surface area contributed by atoms with Crippen molar-refractivity contribution >= 4 is 45.8 Å². The van der Waals surface area contributed by atoms with Crippen LogP contribution in [0.4, 0.5) is 5.69 Å². The molecule has 1 aliphatic heterocycles. The fraction of sp³-hybridized carbons (Fsp3) is 0.500. The highest BCUT2D eigenvalue weighted by atomic mass is 32.2. The van der Waals surface area contributed by atoms with Crippen molar-refractivity contribution in [1.29, 1.82) is 0 Å². The largest absolute Gasteiger partial charge is 0.378 e. The van der Waals surface area contributed by atoms with Gasteiger partial charge in [-0.1, -0.05) is 42.5 Å². The van der Waals surface area contributed by atoms with Gasteiger partial charge >= 0.3 is 0 Å². The topological polar surface area (TPSA) is 52.7 Å². The molecule has 1 aromatic carbocycles. The SMILES string of the molecule is CN(C)c1ccc(CNC(=O)CCCCCN2C(=O)CSC2=S)cc1. The van der Waals surface area contributed by atoms with Crippen molar-refractivity contribution in [2.24, 2.45) is 0 Å². The summed E-state index contributed by atoms with van der Waals surface area (Å²) < 4.78 is 0.683. The van der Waals surface area contributed by atoms with Crippen molar-refractivity contribution in [2.45, 2.75) is 32.2 Å². The van der Waals surface area contributed by atoms with Gasteiger partial charge in [0.15, 0.2) is 0 Å². The number of carbonyl (C=O) groups is 2. The summed E-state index contributed by atoms with van der Waals surface area (Å²) >= 11 is 6.57. The molecule has 5 nitrogen and oxygen atoms in total. The zero-order chi connectivity index (χ0) is 18.2. The number of thiocarbonyl (C=S) groups is 1. The zero-order valence-electron chi connectivity index (χ0n) is 14.8. The number of amides is 2. The van der Waals surface area contributed by atoms with Crippen molar-refractivity contribution < 1.29 is 9.59 Å². The van der Waals surface area contributed by atoms with Crippen LogP contribution in [0.3, 0.4) is 0 Å². The summed E-state index contributed by atoms with van der Waals surface area (Å²) in [7, 11) is 4.01. The lowest BCUT2D eigenvalue weighted by Crippen LogP contribution is -2.29. The number of thioether (sulfide) groups is 1. The molecule has 0 unspecified atom stereocenters. The van der Waals surface area contributed by atoms with Gasteiger partial charge in [0.2, 0.25) is 11.8 Å². The second-order valence-corrected chi connectivity index (χ2v) is 7.86. The minimum atomic E-state index is 0.0695. The summed E-state index contributed by atoms with van der Waals surface area (Å²) in [6, 6.07) is 8.15. The molecule has 2 amide bonds. The molecule has 2 rings (SSSR count). The molecule has 1 heterocycles. The predicted octanol–water partition coefficient (Wildman–Crippen LogP) is 2.79. The highest BCUT2D eigenvalue weighted by Crippen LogP contribution is 2.19. The molecule has 0 spiro atoms. The molecule has 7 heteroatoms. The molecule has 0 aromatic heterocycles. The van der Waals surface area contributed by atoms with Crippen molar-refractivity contribution in [1.82, 2.24) is 10.2 Å². The van der Waals surface area contributed by atoms with Gasteiger partial charge in [-0.25, -0.2) is 0 Å². The van der Waals surface area contributed by atoms with Gasteiger partial charge in [0.25, 0.3) is 0 Å². The number of nitrogens with zero attached hydrogens (tertiary/aromatic N) is 2. The summed E-state index contributed by atoms with van der Waals surface area (Å²) in [5.74, 6) is 0.643. The number of unbranched alkanes of at least 4 members (excludes halogenated alkanes) is 2. The van der Waals surface area contributed by atoms with E-state index in [0.717, 1.165) is 30.5 Å². The molecule has 25 heavy (non-hydrogen) atoms. The Balaban J connectivity index is 1.58. The first-order valence-corrected chi connectivity index (χ1v) is 9.87. The van der Waals surface area contributed by atoms with Gasteiger partial charge < -0.3 is 10.2 Å². The summed E-state index contributed by atoms with van der Waals surface area (Å²) in [6.45, 7) is 1.23. The molecule has 1 saturated heterocycles. The first-order valence-electron chi connectivity index (χ1n) is 8.47. The van der Waals surface area contributed by atoms with E-state index in [1.54, 1.807) is 4.90 Å². The Bertz CT molecular complexity index is 601. The van der Waals surface area contributed by atoms with E-state index in [-0.39, 0.29) is 11.8 Å². The number of hydrogen-bond donors (Lipinski definition) is 1. The first-order chi connectivity index (χ1) is 12.0.